The molecule has 1 aliphatic carbocycles. The van der Waals surface area contributed by atoms with Gasteiger partial charge in [0.15, 0.2) is 0 Å². The number of aryl methyl sites for hydroxylation is 1. The zero-order valence-electron chi connectivity index (χ0n) is 12.5. The molecule has 0 aliphatic heterocycles. The Hall–Kier alpha value is -1.54. The molecule has 2 heteroatoms. The van der Waals surface area contributed by atoms with Crippen molar-refractivity contribution < 1.29 is 0 Å². The smallest absolute Gasteiger partial charge is 0.0472 e. The molecule has 1 aromatic carbocycles. The second-order valence-electron chi connectivity index (χ2n) is 5.92. The Labute approximate surface area is 121 Å². The van der Waals surface area contributed by atoms with Gasteiger partial charge in [-0.15, -0.1) is 0 Å². The molecule has 2 nitrogen and oxygen atoms in total. The van der Waals surface area contributed by atoms with Gasteiger partial charge in [0.05, 0.1) is 0 Å². The van der Waals surface area contributed by atoms with Gasteiger partial charge in [0.25, 0.3) is 0 Å². The van der Waals surface area contributed by atoms with Crippen molar-refractivity contribution in [3.63, 3.8) is 0 Å². The molecule has 1 atom stereocenters. The molecule has 1 fully saturated rings. The number of nitrogens with zero attached hydrogens (tertiary/aromatic N) is 1. The van der Waals surface area contributed by atoms with Gasteiger partial charge in [0.1, 0.15) is 0 Å². The summed E-state index contributed by atoms with van der Waals surface area (Å²) >= 11 is 0. The maximum absolute atomic E-state index is 3.64. The minimum absolute atomic E-state index is 0.554. The molecule has 0 radical (unpaired) electrons. The van der Waals surface area contributed by atoms with Crippen molar-refractivity contribution in [2.75, 3.05) is 6.54 Å². The molecule has 1 saturated carbocycles. The Morgan fingerprint density at radius 3 is 2.75 bits per heavy atom. The molecule has 1 unspecified atom stereocenters. The van der Waals surface area contributed by atoms with Gasteiger partial charge in [-0.05, 0) is 55.0 Å². The number of benzene rings is 1. The molecule has 0 saturated heterocycles. The van der Waals surface area contributed by atoms with E-state index in [1.807, 2.05) is 0 Å². The summed E-state index contributed by atoms with van der Waals surface area (Å²) in [5, 5.41) is 3.64. The van der Waals surface area contributed by atoms with Gasteiger partial charge in [0.2, 0.25) is 0 Å². The van der Waals surface area contributed by atoms with Crippen LogP contribution in [-0.2, 0) is 6.54 Å². The molecular weight excluding hydrogens is 244 g/mol. The van der Waals surface area contributed by atoms with Crippen molar-refractivity contribution in [1.82, 2.24) is 9.88 Å². The van der Waals surface area contributed by atoms with Gasteiger partial charge < -0.3 is 9.88 Å². The number of nitrogens with one attached hydrogen (secondary N) is 1. The first kappa shape index (κ1) is 13.4. The van der Waals surface area contributed by atoms with E-state index < -0.39 is 0 Å². The van der Waals surface area contributed by atoms with E-state index in [2.05, 4.69) is 66.5 Å². The Kier molecular flexibility index (Phi) is 3.93. The van der Waals surface area contributed by atoms with Crippen LogP contribution in [0.4, 0.5) is 0 Å². The third-order valence-corrected chi connectivity index (χ3v) is 4.26. The zero-order valence-corrected chi connectivity index (χ0v) is 12.5. The fourth-order valence-corrected chi connectivity index (χ4v) is 2.93. The monoisotopic (exact) mass is 268 g/mol. The highest BCUT2D eigenvalue weighted by Crippen LogP contribution is 2.41. The van der Waals surface area contributed by atoms with Crippen LogP contribution < -0.4 is 5.32 Å². The minimum Gasteiger partial charge on any atom is -0.350 e. The van der Waals surface area contributed by atoms with E-state index in [1.54, 1.807) is 0 Å². The van der Waals surface area contributed by atoms with Crippen LogP contribution in [-0.4, -0.2) is 11.1 Å². The molecular formula is C18H24N2. The van der Waals surface area contributed by atoms with E-state index in [0.29, 0.717) is 6.04 Å². The van der Waals surface area contributed by atoms with Crippen LogP contribution in [0.15, 0.2) is 42.7 Å². The standard InChI is InChI=1S/C18H24N2/c1-3-19-18(15-8-9-15)17-10-11-20(13-17)12-16-7-5-4-6-14(16)2/h4-7,10-11,13,15,18-19H,3,8-9,12H2,1-2H3. The van der Waals surface area contributed by atoms with Crippen LogP contribution >= 0.6 is 0 Å². The normalized spacial score (nSPS) is 16.3. The van der Waals surface area contributed by atoms with Crippen molar-refractivity contribution in [3.05, 3.63) is 59.4 Å². The lowest BCUT2D eigenvalue weighted by molar-refractivity contribution is 0.495. The molecule has 1 N–H and O–H groups in total. The fraction of sp³-hybridized carbons (Fsp3) is 0.444. The van der Waals surface area contributed by atoms with E-state index in [4.69, 9.17) is 0 Å². The zero-order chi connectivity index (χ0) is 13.9. The topological polar surface area (TPSA) is 17.0 Å². The summed E-state index contributed by atoms with van der Waals surface area (Å²) in [5.74, 6) is 0.851. The van der Waals surface area contributed by atoms with E-state index in [0.717, 1.165) is 19.0 Å². The quantitative estimate of drug-likeness (QED) is 0.840. The number of aromatic nitrogens is 1. The van der Waals surface area contributed by atoms with Gasteiger partial charge in [-0.25, -0.2) is 0 Å². The average Bonchev–Trinajstić information content (AvgIpc) is 3.18. The van der Waals surface area contributed by atoms with E-state index in [9.17, 15) is 0 Å². The maximum Gasteiger partial charge on any atom is 0.0472 e. The molecule has 0 amide bonds. The Morgan fingerprint density at radius 1 is 1.25 bits per heavy atom. The van der Waals surface area contributed by atoms with Crippen LogP contribution in [0.5, 0.6) is 0 Å². The van der Waals surface area contributed by atoms with Crippen molar-refractivity contribution >= 4 is 0 Å². The van der Waals surface area contributed by atoms with Gasteiger partial charge >= 0.3 is 0 Å². The second kappa shape index (κ2) is 5.84. The minimum atomic E-state index is 0.554. The Morgan fingerprint density at radius 2 is 2.05 bits per heavy atom. The van der Waals surface area contributed by atoms with E-state index in [1.165, 1.54) is 29.5 Å². The van der Waals surface area contributed by atoms with Gasteiger partial charge in [0, 0.05) is 25.0 Å². The molecule has 2 aromatic rings. The van der Waals surface area contributed by atoms with Gasteiger partial charge in [-0.3, -0.25) is 0 Å². The molecule has 1 aromatic heterocycles. The van der Waals surface area contributed by atoms with Gasteiger partial charge in [-0.1, -0.05) is 31.2 Å². The summed E-state index contributed by atoms with van der Waals surface area (Å²) in [4.78, 5) is 0. The van der Waals surface area contributed by atoms with Crippen molar-refractivity contribution in [2.24, 2.45) is 5.92 Å². The predicted octanol–water partition coefficient (Wildman–Crippen LogP) is 3.91. The summed E-state index contributed by atoms with van der Waals surface area (Å²) in [6.07, 6.45) is 7.29. The van der Waals surface area contributed by atoms with Crippen LogP contribution in [0.3, 0.4) is 0 Å². The summed E-state index contributed by atoms with van der Waals surface area (Å²) in [5.41, 5.74) is 4.22. The number of rotatable bonds is 6. The van der Waals surface area contributed by atoms with Crippen LogP contribution in [0.2, 0.25) is 0 Å². The summed E-state index contributed by atoms with van der Waals surface area (Å²) in [6, 6.07) is 11.5. The van der Waals surface area contributed by atoms with Crippen LogP contribution in [0, 0.1) is 12.8 Å². The van der Waals surface area contributed by atoms with E-state index >= 15 is 0 Å². The first-order valence-corrected chi connectivity index (χ1v) is 7.71. The highest BCUT2D eigenvalue weighted by atomic mass is 15.0. The molecule has 1 heterocycles. The molecule has 20 heavy (non-hydrogen) atoms. The lowest BCUT2D eigenvalue weighted by Crippen LogP contribution is -2.22. The van der Waals surface area contributed by atoms with E-state index in [-0.39, 0.29) is 0 Å². The van der Waals surface area contributed by atoms with Crippen LogP contribution in [0.25, 0.3) is 0 Å². The van der Waals surface area contributed by atoms with Crippen LogP contribution in [0.1, 0.15) is 42.5 Å². The number of hydrogen-bond donors (Lipinski definition) is 1. The van der Waals surface area contributed by atoms with Gasteiger partial charge in [-0.2, -0.15) is 0 Å². The van der Waals surface area contributed by atoms with Crippen molar-refractivity contribution in [3.8, 4) is 0 Å². The second-order valence-corrected chi connectivity index (χ2v) is 5.92. The maximum atomic E-state index is 3.64. The number of hydrogen-bond acceptors (Lipinski definition) is 1. The molecule has 106 valence electrons. The largest absolute Gasteiger partial charge is 0.350 e. The lowest BCUT2D eigenvalue weighted by Gasteiger charge is -2.15. The summed E-state index contributed by atoms with van der Waals surface area (Å²) < 4.78 is 2.31. The first-order chi connectivity index (χ1) is 9.78. The van der Waals surface area contributed by atoms with Crippen molar-refractivity contribution in [1.29, 1.82) is 0 Å². The first-order valence-electron chi connectivity index (χ1n) is 7.71. The van der Waals surface area contributed by atoms with Crippen molar-refractivity contribution in [2.45, 2.75) is 39.3 Å². The molecule has 1 aliphatic rings. The highest BCUT2D eigenvalue weighted by molar-refractivity contribution is 5.27. The third-order valence-electron chi connectivity index (χ3n) is 4.26. The molecule has 0 bridgehead atoms. The third kappa shape index (κ3) is 2.96. The Balaban J connectivity index is 1.74. The summed E-state index contributed by atoms with van der Waals surface area (Å²) in [6.45, 7) is 6.39. The lowest BCUT2D eigenvalue weighted by atomic mass is 10.1. The molecule has 3 rings (SSSR count). The average molecular weight is 268 g/mol. The predicted molar refractivity (Wildman–Crippen MR) is 83.9 cm³/mol. The fourth-order valence-electron chi connectivity index (χ4n) is 2.93. The SMILES string of the molecule is CCNC(c1ccn(Cc2ccccc2C)c1)C1CC1. The summed E-state index contributed by atoms with van der Waals surface area (Å²) in [7, 11) is 0. The Bertz CT molecular complexity index is 566. The highest BCUT2D eigenvalue weighted by Gasteiger charge is 2.31. The molecule has 0 spiro atoms.